The molecule has 2 rings (SSSR count). The third-order valence-corrected chi connectivity index (χ3v) is 3.58. The number of nitrogens with two attached hydrogens (primary N) is 1. The zero-order valence-corrected chi connectivity index (χ0v) is 15.4. The first-order valence-corrected chi connectivity index (χ1v) is 8.37. The van der Waals surface area contributed by atoms with Crippen molar-refractivity contribution in [2.24, 2.45) is 11.8 Å². The van der Waals surface area contributed by atoms with Gasteiger partial charge in [0.2, 0.25) is 0 Å². The van der Waals surface area contributed by atoms with Gasteiger partial charge in [0, 0.05) is 31.4 Å². The molecule has 0 bridgehead atoms. The molecule has 2 unspecified atom stereocenters. The highest BCUT2D eigenvalue weighted by Crippen LogP contribution is 2.26. The normalized spacial score (nSPS) is 21.2. The average Bonchev–Trinajstić information content (AvgIpc) is 2.36. The lowest BCUT2D eigenvalue weighted by Crippen LogP contribution is -2.38. The number of carbonyl (C=O) groups is 1. The van der Waals surface area contributed by atoms with Crippen molar-refractivity contribution in [1.82, 2.24) is 0 Å². The van der Waals surface area contributed by atoms with Gasteiger partial charge in [0.05, 0.1) is 0 Å². The molecule has 1 aliphatic heterocycles. The molecule has 1 aliphatic rings. The minimum Gasteiger partial charge on any atom is -0.460 e. The van der Waals surface area contributed by atoms with E-state index in [1.54, 1.807) is 0 Å². The molecule has 2 atom stereocenters. The minimum atomic E-state index is -0.328. The lowest BCUT2D eigenvalue weighted by Gasteiger charge is -2.36. The van der Waals surface area contributed by atoms with Crippen molar-refractivity contribution in [3.63, 3.8) is 0 Å². The standard InChI is InChI=1S/C13H20N2.C6H12O2/c1-10-7-11(2)9-15(8-10)13-5-3-12(14)4-6-13;1-5(7)8-6(2,3)4/h3-6,10-11H,7-9,14H2,1-2H3;1-4H3. The second-order valence-electron chi connectivity index (χ2n) is 7.65. The highest BCUT2D eigenvalue weighted by molar-refractivity contribution is 5.66. The summed E-state index contributed by atoms with van der Waals surface area (Å²) in [5.41, 5.74) is 7.52. The summed E-state index contributed by atoms with van der Waals surface area (Å²) in [6, 6.07) is 8.22. The minimum absolute atomic E-state index is 0.225. The van der Waals surface area contributed by atoms with Gasteiger partial charge in [-0.2, -0.15) is 0 Å². The molecule has 1 fully saturated rings. The van der Waals surface area contributed by atoms with Crippen LogP contribution < -0.4 is 10.6 Å². The summed E-state index contributed by atoms with van der Waals surface area (Å²) in [4.78, 5) is 12.7. The molecule has 2 N–H and O–H groups in total. The van der Waals surface area contributed by atoms with Gasteiger partial charge in [0.25, 0.3) is 0 Å². The molecule has 1 heterocycles. The molecule has 130 valence electrons. The van der Waals surface area contributed by atoms with E-state index in [-0.39, 0.29) is 11.6 Å². The highest BCUT2D eigenvalue weighted by atomic mass is 16.6. The first-order valence-electron chi connectivity index (χ1n) is 8.37. The number of nitrogens with zero attached hydrogens (tertiary/aromatic N) is 1. The van der Waals surface area contributed by atoms with Crippen molar-refractivity contribution in [1.29, 1.82) is 0 Å². The van der Waals surface area contributed by atoms with Gasteiger partial charge in [-0.3, -0.25) is 4.79 Å². The molecule has 23 heavy (non-hydrogen) atoms. The van der Waals surface area contributed by atoms with Crippen molar-refractivity contribution in [2.45, 2.75) is 53.6 Å². The summed E-state index contributed by atoms with van der Waals surface area (Å²) in [6.45, 7) is 13.9. The predicted octanol–water partition coefficient (Wildman–Crippen LogP) is 4.10. The molecule has 0 radical (unpaired) electrons. The largest absolute Gasteiger partial charge is 0.460 e. The van der Waals surface area contributed by atoms with Crippen LogP contribution in [0.15, 0.2) is 24.3 Å². The predicted molar refractivity (Wildman–Crippen MR) is 97.5 cm³/mol. The molecule has 1 aromatic rings. The number of piperidine rings is 1. The van der Waals surface area contributed by atoms with Gasteiger partial charge in [-0.25, -0.2) is 0 Å². The van der Waals surface area contributed by atoms with E-state index in [0.717, 1.165) is 17.5 Å². The number of benzene rings is 1. The van der Waals surface area contributed by atoms with E-state index in [2.05, 4.69) is 30.9 Å². The summed E-state index contributed by atoms with van der Waals surface area (Å²) in [7, 11) is 0. The quantitative estimate of drug-likeness (QED) is 0.625. The molecular weight excluding hydrogens is 288 g/mol. The summed E-state index contributed by atoms with van der Waals surface area (Å²) in [5.74, 6) is 1.37. The van der Waals surface area contributed by atoms with Gasteiger partial charge in [0.1, 0.15) is 5.60 Å². The van der Waals surface area contributed by atoms with Crippen molar-refractivity contribution in [3.8, 4) is 0 Å². The number of nitrogen functional groups attached to an aromatic ring is 1. The van der Waals surface area contributed by atoms with Crippen LogP contribution in [-0.2, 0) is 9.53 Å². The second kappa shape index (κ2) is 8.23. The molecule has 0 aromatic heterocycles. The Balaban J connectivity index is 0.000000284. The van der Waals surface area contributed by atoms with Crippen LogP contribution in [0, 0.1) is 11.8 Å². The number of hydrogen-bond donors (Lipinski definition) is 1. The number of esters is 1. The van der Waals surface area contributed by atoms with Gasteiger partial charge in [-0.1, -0.05) is 13.8 Å². The van der Waals surface area contributed by atoms with Gasteiger partial charge in [-0.15, -0.1) is 0 Å². The van der Waals surface area contributed by atoms with Crippen LogP contribution >= 0.6 is 0 Å². The Kier molecular flexibility index (Phi) is 6.92. The van der Waals surface area contributed by atoms with E-state index in [4.69, 9.17) is 10.5 Å². The number of carbonyl (C=O) groups excluding carboxylic acids is 1. The number of hydrogen-bond acceptors (Lipinski definition) is 4. The van der Waals surface area contributed by atoms with Crippen LogP contribution in [0.25, 0.3) is 0 Å². The zero-order valence-electron chi connectivity index (χ0n) is 15.4. The third-order valence-electron chi connectivity index (χ3n) is 3.58. The van der Waals surface area contributed by atoms with Crippen LogP contribution in [0.5, 0.6) is 0 Å². The summed E-state index contributed by atoms with van der Waals surface area (Å²) in [5, 5.41) is 0. The fourth-order valence-corrected chi connectivity index (χ4v) is 2.99. The summed E-state index contributed by atoms with van der Waals surface area (Å²) >= 11 is 0. The van der Waals surface area contributed by atoms with Crippen LogP contribution in [0.2, 0.25) is 0 Å². The molecule has 4 nitrogen and oxygen atoms in total. The maximum atomic E-state index is 10.2. The van der Waals surface area contributed by atoms with Gasteiger partial charge >= 0.3 is 5.97 Å². The second-order valence-corrected chi connectivity index (χ2v) is 7.65. The van der Waals surface area contributed by atoms with Gasteiger partial charge in [-0.05, 0) is 63.3 Å². The summed E-state index contributed by atoms with van der Waals surface area (Å²) in [6.07, 6.45) is 1.35. The highest BCUT2D eigenvalue weighted by Gasteiger charge is 2.21. The Hall–Kier alpha value is -1.71. The smallest absolute Gasteiger partial charge is 0.303 e. The number of anilines is 2. The fraction of sp³-hybridized carbons (Fsp3) is 0.632. The Labute approximate surface area is 141 Å². The topological polar surface area (TPSA) is 55.6 Å². The average molecular weight is 320 g/mol. The molecule has 0 saturated carbocycles. The van der Waals surface area contributed by atoms with E-state index in [1.807, 2.05) is 32.9 Å². The molecule has 0 amide bonds. The van der Waals surface area contributed by atoms with Crippen molar-refractivity contribution in [2.75, 3.05) is 23.7 Å². The molecule has 1 aromatic carbocycles. The first-order chi connectivity index (χ1) is 10.6. The van der Waals surface area contributed by atoms with E-state index < -0.39 is 0 Å². The Bertz CT molecular complexity index is 481. The zero-order chi connectivity index (χ0) is 17.6. The monoisotopic (exact) mass is 320 g/mol. The fourth-order valence-electron chi connectivity index (χ4n) is 2.99. The molecular formula is C19H32N2O2. The van der Waals surface area contributed by atoms with E-state index >= 15 is 0 Å². The molecule has 0 spiro atoms. The van der Waals surface area contributed by atoms with E-state index in [1.165, 1.54) is 32.1 Å². The van der Waals surface area contributed by atoms with Crippen LogP contribution in [0.1, 0.15) is 48.0 Å². The van der Waals surface area contributed by atoms with Crippen LogP contribution in [-0.4, -0.2) is 24.7 Å². The van der Waals surface area contributed by atoms with Gasteiger partial charge in [0.15, 0.2) is 0 Å². The Morgan fingerprint density at radius 3 is 1.96 bits per heavy atom. The Morgan fingerprint density at radius 1 is 1.13 bits per heavy atom. The lowest BCUT2D eigenvalue weighted by molar-refractivity contribution is -0.151. The van der Waals surface area contributed by atoms with E-state index in [9.17, 15) is 4.79 Å². The van der Waals surface area contributed by atoms with Crippen LogP contribution in [0.3, 0.4) is 0 Å². The van der Waals surface area contributed by atoms with E-state index in [0.29, 0.717) is 0 Å². The number of ether oxygens (including phenoxy) is 1. The van der Waals surface area contributed by atoms with Crippen LogP contribution in [0.4, 0.5) is 11.4 Å². The third kappa shape index (κ3) is 7.91. The first kappa shape index (κ1) is 19.3. The lowest BCUT2D eigenvalue weighted by atomic mass is 9.91. The van der Waals surface area contributed by atoms with Crippen molar-refractivity contribution >= 4 is 17.3 Å². The SMILES string of the molecule is CC(=O)OC(C)(C)C.CC1CC(C)CN(c2ccc(N)cc2)C1. The Morgan fingerprint density at radius 2 is 1.61 bits per heavy atom. The molecule has 0 aliphatic carbocycles. The maximum absolute atomic E-state index is 10.2. The van der Waals surface area contributed by atoms with Crippen molar-refractivity contribution in [3.05, 3.63) is 24.3 Å². The summed E-state index contributed by atoms with van der Waals surface area (Å²) < 4.78 is 4.80. The van der Waals surface area contributed by atoms with Gasteiger partial charge < -0.3 is 15.4 Å². The maximum Gasteiger partial charge on any atom is 0.303 e. The molecule has 1 saturated heterocycles. The molecule has 4 heteroatoms. The van der Waals surface area contributed by atoms with Crippen molar-refractivity contribution < 1.29 is 9.53 Å². The number of rotatable bonds is 1.